The van der Waals surface area contributed by atoms with E-state index >= 15 is 0 Å². The molecule has 0 spiro atoms. The Kier molecular flexibility index (Phi) is 6.05. The number of carboxylic acids is 1. The molecule has 1 heterocycles. The molecule has 0 saturated heterocycles. The highest BCUT2D eigenvalue weighted by atomic mass is 16.5. The van der Waals surface area contributed by atoms with Crippen LogP contribution in [0.15, 0.2) is 12.4 Å². The molecule has 0 radical (unpaired) electrons. The number of hydrogen-bond donors (Lipinski definition) is 1. The van der Waals surface area contributed by atoms with Crippen molar-refractivity contribution < 1.29 is 14.6 Å². The van der Waals surface area contributed by atoms with Gasteiger partial charge in [-0.15, -0.1) is 0 Å². The van der Waals surface area contributed by atoms with E-state index in [1.54, 1.807) is 12.4 Å². The minimum atomic E-state index is -0.822. The van der Waals surface area contributed by atoms with Crippen molar-refractivity contribution in [1.82, 2.24) is 9.97 Å². The second-order valence-corrected chi connectivity index (χ2v) is 4.49. The van der Waals surface area contributed by atoms with Crippen LogP contribution in [0.25, 0.3) is 0 Å². The van der Waals surface area contributed by atoms with Crippen molar-refractivity contribution in [3.63, 3.8) is 0 Å². The first-order valence-electron chi connectivity index (χ1n) is 6.47. The molecule has 1 rings (SSSR count). The fourth-order valence-corrected chi connectivity index (χ4v) is 1.61. The summed E-state index contributed by atoms with van der Waals surface area (Å²) < 4.78 is 5.43. The summed E-state index contributed by atoms with van der Waals surface area (Å²) in [5.74, 6) is 0.294. The van der Waals surface area contributed by atoms with E-state index in [9.17, 15) is 4.79 Å². The van der Waals surface area contributed by atoms with Gasteiger partial charge in [0.25, 0.3) is 0 Å². The zero-order valence-electron chi connectivity index (χ0n) is 11.7. The van der Waals surface area contributed by atoms with Crippen LogP contribution in [0.4, 0.5) is 5.82 Å². The molecule has 0 bridgehead atoms. The predicted octanol–water partition coefficient (Wildman–Crippen LogP) is 1.95. The summed E-state index contributed by atoms with van der Waals surface area (Å²) >= 11 is 0. The number of aliphatic carboxylic acids is 1. The molecule has 19 heavy (non-hydrogen) atoms. The van der Waals surface area contributed by atoms with Crippen LogP contribution in [0, 0.1) is 0 Å². The lowest BCUT2D eigenvalue weighted by molar-refractivity contribution is -0.136. The Morgan fingerprint density at radius 2 is 2.21 bits per heavy atom. The van der Waals surface area contributed by atoms with Crippen molar-refractivity contribution in [1.29, 1.82) is 0 Å². The second-order valence-electron chi connectivity index (χ2n) is 4.49. The van der Waals surface area contributed by atoms with Gasteiger partial charge in [0, 0.05) is 12.6 Å². The maximum absolute atomic E-state index is 10.7. The number of carboxylic acid groups (broad SMARTS) is 1. The van der Waals surface area contributed by atoms with Crippen molar-refractivity contribution in [3.8, 4) is 5.88 Å². The fraction of sp³-hybridized carbons (Fsp3) is 0.615. The molecule has 0 fully saturated rings. The van der Waals surface area contributed by atoms with Crippen molar-refractivity contribution in [2.24, 2.45) is 0 Å². The highest BCUT2D eigenvalue weighted by Crippen LogP contribution is 2.17. The Morgan fingerprint density at radius 1 is 1.47 bits per heavy atom. The van der Waals surface area contributed by atoms with Crippen LogP contribution in [0.1, 0.15) is 33.6 Å². The van der Waals surface area contributed by atoms with E-state index < -0.39 is 5.97 Å². The zero-order valence-corrected chi connectivity index (χ0v) is 11.7. The minimum absolute atomic E-state index is 0.0693. The lowest BCUT2D eigenvalue weighted by Crippen LogP contribution is -2.33. The van der Waals surface area contributed by atoms with Gasteiger partial charge in [0.15, 0.2) is 5.82 Å². The molecule has 0 aliphatic carbocycles. The third-order valence-electron chi connectivity index (χ3n) is 2.54. The summed E-state index contributed by atoms with van der Waals surface area (Å²) in [5.41, 5.74) is 0. The van der Waals surface area contributed by atoms with Crippen molar-refractivity contribution in [2.45, 2.75) is 39.7 Å². The van der Waals surface area contributed by atoms with Crippen LogP contribution >= 0.6 is 0 Å². The SMILES string of the molecule is CCCOc1cncc(N(CCC(=O)O)C(C)C)n1. The van der Waals surface area contributed by atoms with Crippen LogP contribution in [0.2, 0.25) is 0 Å². The summed E-state index contributed by atoms with van der Waals surface area (Å²) in [7, 11) is 0. The maximum Gasteiger partial charge on any atom is 0.305 e. The Labute approximate surface area is 113 Å². The van der Waals surface area contributed by atoms with E-state index in [1.807, 2.05) is 25.7 Å². The van der Waals surface area contributed by atoms with Crippen LogP contribution in [0.5, 0.6) is 5.88 Å². The molecule has 0 aliphatic rings. The van der Waals surface area contributed by atoms with Crippen molar-refractivity contribution in [2.75, 3.05) is 18.1 Å². The smallest absolute Gasteiger partial charge is 0.305 e. The second kappa shape index (κ2) is 7.56. The lowest BCUT2D eigenvalue weighted by atomic mass is 10.3. The van der Waals surface area contributed by atoms with Gasteiger partial charge in [-0.05, 0) is 20.3 Å². The van der Waals surface area contributed by atoms with Gasteiger partial charge in [0.1, 0.15) is 0 Å². The molecule has 6 nitrogen and oxygen atoms in total. The average molecular weight is 267 g/mol. The number of hydrogen-bond acceptors (Lipinski definition) is 5. The molecule has 0 atom stereocenters. The summed E-state index contributed by atoms with van der Waals surface area (Å²) in [4.78, 5) is 21.0. The number of aromatic nitrogens is 2. The number of carbonyl (C=O) groups is 1. The number of rotatable bonds is 8. The van der Waals surface area contributed by atoms with E-state index in [-0.39, 0.29) is 12.5 Å². The Morgan fingerprint density at radius 3 is 2.79 bits per heavy atom. The Balaban J connectivity index is 2.80. The molecule has 0 amide bonds. The first-order valence-corrected chi connectivity index (χ1v) is 6.47. The molecule has 1 aromatic heterocycles. The van der Waals surface area contributed by atoms with Crippen LogP contribution in [-0.2, 0) is 4.79 Å². The number of anilines is 1. The molecule has 106 valence electrons. The standard InChI is InChI=1S/C13H21N3O3/c1-4-7-19-12-9-14-8-11(15-12)16(10(2)3)6-5-13(17)18/h8-10H,4-7H2,1-3H3,(H,17,18). The highest BCUT2D eigenvalue weighted by molar-refractivity contribution is 5.67. The van der Waals surface area contributed by atoms with Crippen molar-refractivity contribution >= 4 is 11.8 Å². The molecule has 0 unspecified atom stereocenters. The molecule has 0 saturated carbocycles. The molecular weight excluding hydrogens is 246 g/mol. The largest absolute Gasteiger partial charge is 0.481 e. The van der Waals surface area contributed by atoms with Crippen LogP contribution in [-0.4, -0.2) is 40.2 Å². The van der Waals surface area contributed by atoms with Gasteiger partial charge < -0.3 is 14.7 Å². The average Bonchev–Trinajstić information content (AvgIpc) is 2.36. The van der Waals surface area contributed by atoms with Gasteiger partial charge in [-0.3, -0.25) is 9.78 Å². The lowest BCUT2D eigenvalue weighted by Gasteiger charge is -2.27. The normalized spacial score (nSPS) is 10.5. The summed E-state index contributed by atoms with van der Waals surface area (Å²) in [6.45, 7) is 6.99. The minimum Gasteiger partial charge on any atom is -0.481 e. The Hall–Kier alpha value is -1.85. The van der Waals surface area contributed by atoms with E-state index in [4.69, 9.17) is 9.84 Å². The third kappa shape index (κ3) is 5.11. The van der Waals surface area contributed by atoms with Gasteiger partial charge in [0.05, 0.1) is 25.4 Å². The molecule has 1 N–H and O–H groups in total. The summed E-state index contributed by atoms with van der Waals surface area (Å²) in [6.07, 6.45) is 4.16. The quantitative estimate of drug-likeness (QED) is 0.776. The molecule has 0 aliphatic heterocycles. The Bertz CT molecular complexity index is 410. The van der Waals surface area contributed by atoms with Gasteiger partial charge in [0.2, 0.25) is 5.88 Å². The molecule has 6 heteroatoms. The number of ether oxygens (including phenoxy) is 1. The molecular formula is C13H21N3O3. The van der Waals surface area contributed by atoms with Crippen LogP contribution in [0.3, 0.4) is 0 Å². The zero-order chi connectivity index (χ0) is 14.3. The van der Waals surface area contributed by atoms with Gasteiger partial charge in [-0.25, -0.2) is 0 Å². The van der Waals surface area contributed by atoms with Crippen molar-refractivity contribution in [3.05, 3.63) is 12.4 Å². The molecule has 0 aromatic carbocycles. The molecule has 1 aromatic rings. The monoisotopic (exact) mass is 267 g/mol. The van der Waals surface area contributed by atoms with Crippen LogP contribution < -0.4 is 9.64 Å². The highest BCUT2D eigenvalue weighted by Gasteiger charge is 2.14. The van der Waals surface area contributed by atoms with Gasteiger partial charge in [-0.2, -0.15) is 4.98 Å². The van der Waals surface area contributed by atoms with E-state index in [2.05, 4.69) is 9.97 Å². The first kappa shape index (κ1) is 15.2. The first-order chi connectivity index (χ1) is 9.04. The fourth-order valence-electron chi connectivity index (χ4n) is 1.61. The van der Waals surface area contributed by atoms with E-state index in [1.165, 1.54) is 0 Å². The third-order valence-corrected chi connectivity index (χ3v) is 2.54. The van der Waals surface area contributed by atoms with E-state index in [0.29, 0.717) is 24.8 Å². The van der Waals surface area contributed by atoms with Gasteiger partial charge in [-0.1, -0.05) is 6.92 Å². The summed E-state index contributed by atoms with van der Waals surface area (Å²) in [6, 6.07) is 0.148. The van der Waals surface area contributed by atoms with Gasteiger partial charge >= 0.3 is 5.97 Å². The maximum atomic E-state index is 10.7. The predicted molar refractivity (Wildman–Crippen MR) is 72.6 cm³/mol. The van der Waals surface area contributed by atoms with E-state index in [0.717, 1.165) is 6.42 Å². The summed E-state index contributed by atoms with van der Waals surface area (Å²) in [5, 5.41) is 8.77. The topological polar surface area (TPSA) is 75.5 Å². The number of nitrogens with zero attached hydrogens (tertiary/aromatic N) is 3.